The first-order valence-electron chi connectivity index (χ1n) is 7.38. The molecular weight excluding hydrogens is 354 g/mol. The Kier molecular flexibility index (Phi) is 5.74. The van der Waals surface area contributed by atoms with Gasteiger partial charge in [-0.2, -0.15) is 4.31 Å². The lowest BCUT2D eigenvalue weighted by Crippen LogP contribution is -2.51. The minimum Gasteiger partial charge on any atom is -0.506 e. The van der Waals surface area contributed by atoms with Crippen molar-refractivity contribution in [1.82, 2.24) is 9.21 Å². The first-order chi connectivity index (χ1) is 11.2. The van der Waals surface area contributed by atoms with Gasteiger partial charge in [-0.15, -0.1) is 0 Å². The maximum atomic E-state index is 12.2. The zero-order valence-electron chi connectivity index (χ0n) is 13.3. The molecule has 9 heteroatoms. The van der Waals surface area contributed by atoms with Crippen LogP contribution in [0.25, 0.3) is 0 Å². The number of hydrogen-bond acceptors (Lipinski definition) is 5. The van der Waals surface area contributed by atoms with Crippen molar-refractivity contribution in [3.05, 3.63) is 34.7 Å². The number of aryl methyl sites for hydroxylation is 1. The zero-order valence-corrected chi connectivity index (χ0v) is 14.9. The number of hydrogen-bond donors (Lipinski definition) is 2. The van der Waals surface area contributed by atoms with E-state index in [1.165, 1.54) is 10.4 Å². The molecule has 1 fully saturated rings. The van der Waals surface area contributed by atoms with Gasteiger partial charge in [0.25, 0.3) is 0 Å². The van der Waals surface area contributed by atoms with E-state index in [0.717, 1.165) is 11.0 Å². The predicted octanol–water partition coefficient (Wildman–Crippen LogP) is 1.38. The number of anilines is 1. The Morgan fingerprint density at radius 2 is 2.00 bits per heavy atom. The maximum absolute atomic E-state index is 12.2. The van der Waals surface area contributed by atoms with Crippen LogP contribution in [0.2, 0.25) is 5.02 Å². The molecule has 1 heterocycles. The van der Waals surface area contributed by atoms with Gasteiger partial charge in [-0.25, -0.2) is 8.42 Å². The molecule has 1 aromatic rings. The Hall–Kier alpha value is -1.77. The number of benzene rings is 1. The molecule has 1 aliphatic heterocycles. The van der Waals surface area contributed by atoms with Crippen molar-refractivity contribution < 1.29 is 18.3 Å². The van der Waals surface area contributed by atoms with Gasteiger partial charge in [-0.1, -0.05) is 18.2 Å². The van der Waals surface area contributed by atoms with E-state index in [9.17, 15) is 18.3 Å². The summed E-state index contributed by atoms with van der Waals surface area (Å²) in [4.78, 5) is 13.8. The average molecular weight is 374 g/mol. The molecule has 0 aliphatic carbocycles. The Labute approximate surface area is 146 Å². The highest BCUT2D eigenvalue weighted by Gasteiger charge is 2.26. The van der Waals surface area contributed by atoms with Crippen LogP contribution in [0.1, 0.15) is 5.56 Å². The van der Waals surface area contributed by atoms with Crippen LogP contribution in [-0.2, 0) is 14.8 Å². The van der Waals surface area contributed by atoms with Crippen molar-refractivity contribution in [2.75, 3.05) is 38.0 Å². The van der Waals surface area contributed by atoms with Crippen LogP contribution >= 0.6 is 11.6 Å². The highest BCUT2D eigenvalue weighted by Crippen LogP contribution is 2.29. The van der Waals surface area contributed by atoms with E-state index < -0.39 is 10.0 Å². The maximum Gasteiger partial charge on any atom is 0.241 e. The van der Waals surface area contributed by atoms with Gasteiger partial charge < -0.3 is 15.3 Å². The Morgan fingerprint density at radius 1 is 1.38 bits per heavy atom. The first-order valence-corrected chi connectivity index (χ1v) is 9.26. The molecule has 1 saturated heterocycles. The minimum atomic E-state index is -3.44. The van der Waals surface area contributed by atoms with E-state index in [0.29, 0.717) is 23.8 Å². The quantitative estimate of drug-likeness (QED) is 0.761. The summed E-state index contributed by atoms with van der Waals surface area (Å²) in [5.41, 5.74) is 1.12. The second-order valence-electron chi connectivity index (χ2n) is 5.46. The molecular formula is C15H20ClN3O4S. The SMILES string of the molecule is C=CS(=O)(=O)N1CCN(C(=O)CNc2cc(Cl)c(C)cc2O)CC1. The molecule has 132 valence electrons. The van der Waals surface area contributed by atoms with E-state index in [-0.39, 0.29) is 31.3 Å². The lowest BCUT2D eigenvalue weighted by atomic mass is 10.2. The summed E-state index contributed by atoms with van der Waals surface area (Å²) in [5.74, 6) is -0.159. The van der Waals surface area contributed by atoms with Crippen LogP contribution in [0.3, 0.4) is 0 Å². The van der Waals surface area contributed by atoms with Crippen molar-refractivity contribution in [2.24, 2.45) is 0 Å². The number of piperazine rings is 1. The van der Waals surface area contributed by atoms with Gasteiger partial charge in [0.1, 0.15) is 5.75 Å². The predicted molar refractivity (Wildman–Crippen MR) is 93.6 cm³/mol. The van der Waals surface area contributed by atoms with Crippen LogP contribution in [0.4, 0.5) is 5.69 Å². The van der Waals surface area contributed by atoms with Crippen LogP contribution in [0, 0.1) is 6.92 Å². The molecule has 0 atom stereocenters. The fraction of sp³-hybridized carbons (Fsp3) is 0.400. The van der Waals surface area contributed by atoms with Gasteiger partial charge >= 0.3 is 0 Å². The van der Waals surface area contributed by atoms with Crippen LogP contribution < -0.4 is 5.32 Å². The summed E-state index contributed by atoms with van der Waals surface area (Å²) >= 11 is 6.01. The van der Waals surface area contributed by atoms with E-state index in [1.807, 2.05) is 0 Å². The second-order valence-corrected chi connectivity index (χ2v) is 7.75. The smallest absolute Gasteiger partial charge is 0.241 e. The first kappa shape index (κ1) is 18.6. The summed E-state index contributed by atoms with van der Waals surface area (Å²) in [7, 11) is -3.44. The number of phenolic OH excluding ortho intramolecular Hbond substituents is 1. The molecule has 1 amide bonds. The minimum absolute atomic E-state index is 0.0127. The highest BCUT2D eigenvalue weighted by molar-refractivity contribution is 7.92. The third kappa shape index (κ3) is 4.19. The van der Waals surface area contributed by atoms with Crippen molar-refractivity contribution in [3.8, 4) is 5.75 Å². The normalized spacial score (nSPS) is 16.0. The number of sulfonamides is 1. The molecule has 0 bridgehead atoms. The lowest BCUT2D eigenvalue weighted by Gasteiger charge is -2.33. The summed E-state index contributed by atoms with van der Waals surface area (Å²) in [5, 5.41) is 14.1. The van der Waals surface area contributed by atoms with Crippen LogP contribution in [0.5, 0.6) is 5.75 Å². The van der Waals surface area contributed by atoms with Gasteiger partial charge in [0, 0.05) is 36.6 Å². The molecule has 1 aromatic carbocycles. The molecule has 2 rings (SSSR count). The van der Waals surface area contributed by atoms with E-state index in [4.69, 9.17) is 11.6 Å². The molecule has 0 aromatic heterocycles. The molecule has 0 radical (unpaired) electrons. The number of amides is 1. The Bertz CT molecular complexity index is 743. The van der Waals surface area contributed by atoms with Crippen molar-refractivity contribution in [2.45, 2.75) is 6.92 Å². The standard InChI is InChI=1S/C15H20ClN3O4S/c1-3-24(22,23)19-6-4-18(5-7-19)15(21)10-17-13-9-12(16)11(2)8-14(13)20/h3,8-9,17,20H,1,4-7,10H2,2H3. The van der Waals surface area contributed by atoms with E-state index in [2.05, 4.69) is 11.9 Å². The summed E-state index contributed by atoms with van der Waals surface area (Å²) < 4.78 is 24.7. The number of halogens is 1. The van der Waals surface area contributed by atoms with E-state index >= 15 is 0 Å². The van der Waals surface area contributed by atoms with Crippen molar-refractivity contribution >= 4 is 33.2 Å². The van der Waals surface area contributed by atoms with Crippen molar-refractivity contribution in [1.29, 1.82) is 0 Å². The van der Waals surface area contributed by atoms with Gasteiger partial charge in [-0.05, 0) is 24.6 Å². The second kappa shape index (κ2) is 7.42. The summed E-state index contributed by atoms with van der Waals surface area (Å²) in [6.07, 6.45) is 0. The molecule has 0 spiro atoms. The number of rotatable bonds is 5. The number of nitrogens with zero attached hydrogens (tertiary/aromatic N) is 2. The number of phenols is 1. The molecule has 24 heavy (non-hydrogen) atoms. The topological polar surface area (TPSA) is 90.0 Å². The van der Waals surface area contributed by atoms with Gasteiger partial charge in [0.05, 0.1) is 12.2 Å². The fourth-order valence-electron chi connectivity index (χ4n) is 2.39. The van der Waals surface area contributed by atoms with Gasteiger partial charge in [0.2, 0.25) is 15.9 Å². The van der Waals surface area contributed by atoms with Gasteiger partial charge in [-0.3, -0.25) is 4.79 Å². The third-order valence-corrected chi connectivity index (χ3v) is 5.78. The van der Waals surface area contributed by atoms with Crippen LogP contribution in [0.15, 0.2) is 24.1 Å². The number of nitrogens with one attached hydrogen (secondary N) is 1. The lowest BCUT2D eigenvalue weighted by molar-refractivity contribution is -0.130. The molecule has 1 aliphatic rings. The largest absolute Gasteiger partial charge is 0.506 e. The number of aromatic hydroxyl groups is 1. The van der Waals surface area contributed by atoms with E-state index in [1.54, 1.807) is 17.9 Å². The summed E-state index contributed by atoms with van der Waals surface area (Å²) in [6.45, 7) is 6.15. The van der Waals surface area contributed by atoms with Crippen molar-refractivity contribution in [3.63, 3.8) is 0 Å². The molecule has 7 nitrogen and oxygen atoms in total. The number of carbonyl (C=O) groups excluding carboxylic acids is 1. The van der Waals surface area contributed by atoms with Gasteiger partial charge in [0.15, 0.2) is 0 Å². The third-order valence-electron chi connectivity index (χ3n) is 3.87. The molecule has 0 saturated carbocycles. The molecule has 2 N–H and O–H groups in total. The highest BCUT2D eigenvalue weighted by atomic mass is 35.5. The fourth-order valence-corrected chi connectivity index (χ4v) is 3.43. The Morgan fingerprint density at radius 3 is 2.58 bits per heavy atom. The Balaban J connectivity index is 1.91. The monoisotopic (exact) mass is 373 g/mol. The zero-order chi connectivity index (χ0) is 17.9. The molecule has 0 unspecified atom stereocenters. The average Bonchev–Trinajstić information content (AvgIpc) is 2.56. The number of carbonyl (C=O) groups is 1. The summed E-state index contributed by atoms with van der Waals surface area (Å²) in [6, 6.07) is 3.09. The van der Waals surface area contributed by atoms with Crippen LogP contribution in [-0.4, -0.2) is 61.4 Å².